The molecule has 0 bridgehead atoms. The Kier molecular flexibility index (Phi) is 6.28. The van der Waals surface area contributed by atoms with Gasteiger partial charge >= 0.3 is 0 Å². The van der Waals surface area contributed by atoms with E-state index in [1.807, 2.05) is 18.2 Å². The predicted octanol–water partition coefficient (Wildman–Crippen LogP) is 4.34. The van der Waals surface area contributed by atoms with E-state index in [0.29, 0.717) is 0 Å². The number of aliphatic hydroxyl groups is 1. The van der Waals surface area contributed by atoms with Crippen molar-refractivity contribution in [3.05, 3.63) is 35.9 Å². The van der Waals surface area contributed by atoms with E-state index in [1.54, 1.807) is 0 Å². The molecule has 1 aromatic carbocycles. The molecule has 0 radical (unpaired) electrons. The van der Waals surface area contributed by atoms with E-state index in [1.165, 1.54) is 24.8 Å². The van der Waals surface area contributed by atoms with E-state index in [2.05, 4.69) is 26.0 Å². The number of hydrogen-bond acceptors (Lipinski definition) is 1. The lowest BCUT2D eigenvalue weighted by atomic mass is 9.87. The van der Waals surface area contributed by atoms with E-state index in [9.17, 15) is 5.11 Å². The summed E-state index contributed by atoms with van der Waals surface area (Å²) in [5, 5.41) is 10.6. The van der Waals surface area contributed by atoms with Crippen molar-refractivity contribution in [2.45, 2.75) is 64.4 Å². The zero-order valence-electron chi connectivity index (χ0n) is 11.3. The van der Waals surface area contributed by atoms with Crippen LogP contribution in [-0.4, -0.2) is 10.7 Å². The maximum Gasteiger partial charge on any atom is 0.0685 e. The molecule has 96 valence electrons. The van der Waals surface area contributed by atoms with Crippen LogP contribution in [0.4, 0.5) is 0 Å². The lowest BCUT2D eigenvalue weighted by Crippen LogP contribution is -2.30. The van der Waals surface area contributed by atoms with Gasteiger partial charge in [0.15, 0.2) is 0 Å². The highest BCUT2D eigenvalue weighted by Crippen LogP contribution is 2.24. The van der Waals surface area contributed by atoms with Crippen molar-refractivity contribution < 1.29 is 5.11 Å². The first-order valence-corrected chi connectivity index (χ1v) is 6.96. The zero-order valence-corrected chi connectivity index (χ0v) is 11.3. The number of unbranched alkanes of at least 4 members (excludes halogenated alkanes) is 3. The summed E-state index contributed by atoms with van der Waals surface area (Å²) < 4.78 is 0. The second-order valence-corrected chi connectivity index (χ2v) is 5.05. The zero-order chi connectivity index (χ0) is 12.6. The van der Waals surface area contributed by atoms with E-state index in [4.69, 9.17) is 0 Å². The Balaban J connectivity index is 2.45. The molecule has 0 aliphatic carbocycles. The standard InChI is InChI=1S/C16H26O/c1-3-5-6-10-13-16(17,4-2)14-15-11-8-7-9-12-15/h7-9,11-12,17H,3-6,10,13-14H2,1-2H3. The van der Waals surface area contributed by atoms with Gasteiger partial charge in [0.05, 0.1) is 5.60 Å². The van der Waals surface area contributed by atoms with Gasteiger partial charge in [-0.25, -0.2) is 0 Å². The van der Waals surface area contributed by atoms with Gasteiger partial charge < -0.3 is 5.11 Å². The molecule has 1 N–H and O–H groups in total. The van der Waals surface area contributed by atoms with Crippen LogP contribution in [0.1, 0.15) is 57.9 Å². The minimum absolute atomic E-state index is 0.505. The van der Waals surface area contributed by atoms with Crippen molar-refractivity contribution in [2.75, 3.05) is 0 Å². The van der Waals surface area contributed by atoms with Crippen molar-refractivity contribution in [1.29, 1.82) is 0 Å². The van der Waals surface area contributed by atoms with Crippen LogP contribution in [0, 0.1) is 0 Å². The highest BCUT2D eigenvalue weighted by molar-refractivity contribution is 5.16. The van der Waals surface area contributed by atoms with Gasteiger partial charge in [-0.15, -0.1) is 0 Å². The molecule has 1 heteroatoms. The third-order valence-electron chi connectivity index (χ3n) is 3.53. The van der Waals surface area contributed by atoms with Gasteiger partial charge in [-0.2, -0.15) is 0 Å². The molecule has 1 rings (SSSR count). The molecule has 0 heterocycles. The molecule has 0 aliphatic heterocycles. The average Bonchev–Trinajstić information content (AvgIpc) is 2.36. The molecule has 1 nitrogen and oxygen atoms in total. The Morgan fingerprint density at radius 2 is 1.71 bits per heavy atom. The first-order valence-electron chi connectivity index (χ1n) is 6.96. The smallest absolute Gasteiger partial charge is 0.0685 e. The molecule has 0 aliphatic rings. The summed E-state index contributed by atoms with van der Waals surface area (Å²) in [6.07, 6.45) is 7.48. The quantitative estimate of drug-likeness (QED) is 0.663. The molecule has 1 unspecified atom stereocenters. The van der Waals surface area contributed by atoms with Crippen LogP contribution in [0.5, 0.6) is 0 Å². The van der Waals surface area contributed by atoms with Crippen LogP contribution in [0.25, 0.3) is 0 Å². The topological polar surface area (TPSA) is 20.2 Å². The molecular weight excluding hydrogens is 208 g/mol. The third kappa shape index (κ3) is 5.36. The molecule has 17 heavy (non-hydrogen) atoms. The Labute approximate surface area is 106 Å². The van der Waals surface area contributed by atoms with Crippen LogP contribution in [0.2, 0.25) is 0 Å². The lowest BCUT2D eigenvalue weighted by molar-refractivity contribution is 0.0252. The van der Waals surface area contributed by atoms with Gasteiger partial charge in [0.25, 0.3) is 0 Å². The van der Waals surface area contributed by atoms with E-state index >= 15 is 0 Å². The number of benzene rings is 1. The minimum atomic E-state index is -0.505. The molecular formula is C16H26O. The fraction of sp³-hybridized carbons (Fsp3) is 0.625. The summed E-state index contributed by atoms with van der Waals surface area (Å²) in [6.45, 7) is 4.30. The van der Waals surface area contributed by atoms with Crippen LogP contribution in [0.15, 0.2) is 30.3 Å². The molecule has 0 spiro atoms. The summed E-state index contributed by atoms with van der Waals surface area (Å²) in [6, 6.07) is 10.3. The van der Waals surface area contributed by atoms with Crippen molar-refractivity contribution in [3.63, 3.8) is 0 Å². The molecule has 0 aromatic heterocycles. The SMILES string of the molecule is CCCCCCC(O)(CC)Cc1ccccc1. The van der Waals surface area contributed by atoms with Gasteiger partial charge in [-0.05, 0) is 18.4 Å². The van der Waals surface area contributed by atoms with Crippen molar-refractivity contribution in [1.82, 2.24) is 0 Å². The van der Waals surface area contributed by atoms with Gasteiger partial charge in [0.2, 0.25) is 0 Å². The molecule has 1 aromatic rings. The minimum Gasteiger partial charge on any atom is -0.390 e. The maximum atomic E-state index is 10.6. The fourth-order valence-electron chi connectivity index (χ4n) is 2.25. The van der Waals surface area contributed by atoms with Crippen LogP contribution >= 0.6 is 0 Å². The summed E-state index contributed by atoms with van der Waals surface area (Å²) in [5.74, 6) is 0. The van der Waals surface area contributed by atoms with Crippen LogP contribution < -0.4 is 0 Å². The molecule has 0 amide bonds. The summed E-state index contributed by atoms with van der Waals surface area (Å²) >= 11 is 0. The normalized spacial score (nSPS) is 14.5. The van der Waals surface area contributed by atoms with E-state index in [-0.39, 0.29) is 0 Å². The molecule has 0 saturated carbocycles. The van der Waals surface area contributed by atoms with Gasteiger partial charge in [0, 0.05) is 6.42 Å². The second kappa shape index (κ2) is 7.50. The highest BCUT2D eigenvalue weighted by atomic mass is 16.3. The first-order chi connectivity index (χ1) is 8.20. The Morgan fingerprint density at radius 3 is 2.29 bits per heavy atom. The highest BCUT2D eigenvalue weighted by Gasteiger charge is 2.24. The first kappa shape index (κ1) is 14.2. The summed E-state index contributed by atoms with van der Waals surface area (Å²) in [5.41, 5.74) is 0.738. The Hall–Kier alpha value is -0.820. The largest absolute Gasteiger partial charge is 0.390 e. The fourth-order valence-corrected chi connectivity index (χ4v) is 2.25. The summed E-state index contributed by atoms with van der Waals surface area (Å²) in [4.78, 5) is 0. The molecule has 0 saturated heterocycles. The molecule has 1 atom stereocenters. The van der Waals surface area contributed by atoms with Gasteiger partial charge in [-0.3, -0.25) is 0 Å². The second-order valence-electron chi connectivity index (χ2n) is 5.05. The van der Waals surface area contributed by atoms with Crippen molar-refractivity contribution in [3.8, 4) is 0 Å². The van der Waals surface area contributed by atoms with E-state index in [0.717, 1.165) is 25.7 Å². The van der Waals surface area contributed by atoms with Crippen molar-refractivity contribution >= 4 is 0 Å². The third-order valence-corrected chi connectivity index (χ3v) is 3.53. The van der Waals surface area contributed by atoms with E-state index < -0.39 is 5.60 Å². The van der Waals surface area contributed by atoms with Gasteiger partial charge in [-0.1, -0.05) is 69.9 Å². The van der Waals surface area contributed by atoms with Crippen molar-refractivity contribution in [2.24, 2.45) is 0 Å². The predicted molar refractivity (Wildman–Crippen MR) is 74.1 cm³/mol. The maximum absolute atomic E-state index is 10.6. The van der Waals surface area contributed by atoms with Gasteiger partial charge in [0.1, 0.15) is 0 Å². The lowest BCUT2D eigenvalue weighted by Gasteiger charge is -2.27. The average molecular weight is 234 g/mol. The molecule has 0 fully saturated rings. The monoisotopic (exact) mass is 234 g/mol. The van der Waals surface area contributed by atoms with Crippen LogP contribution in [-0.2, 0) is 6.42 Å². The number of rotatable bonds is 8. The number of hydrogen-bond donors (Lipinski definition) is 1. The van der Waals surface area contributed by atoms with Crippen LogP contribution in [0.3, 0.4) is 0 Å². The Morgan fingerprint density at radius 1 is 1.00 bits per heavy atom. The Bertz CT molecular complexity index is 294. The summed E-state index contributed by atoms with van der Waals surface area (Å²) in [7, 11) is 0.